The Morgan fingerprint density at radius 1 is 1.40 bits per heavy atom. The van der Waals surface area contributed by atoms with Crippen LogP contribution in [-0.4, -0.2) is 30.8 Å². The molecule has 1 unspecified atom stereocenters. The second kappa shape index (κ2) is 5.30. The molecule has 1 saturated heterocycles. The minimum Gasteiger partial charge on any atom is -0.312 e. The molecule has 1 fully saturated rings. The maximum Gasteiger partial charge on any atom is 0.223 e. The van der Waals surface area contributed by atoms with Gasteiger partial charge >= 0.3 is 0 Å². The molecule has 0 spiro atoms. The molecule has 3 rings (SSSR count). The molecule has 106 valence electrons. The summed E-state index contributed by atoms with van der Waals surface area (Å²) in [5, 5.41) is 3.23. The van der Waals surface area contributed by atoms with Crippen molar-refractivity contribution in [1.82, 2.24) is 5.32 Å². The maximum absolute atomic E-state index is 12.5. The number of carbonyl (C=O) groups is 2. The highest BCUT2D eigenvalue weighted by atomic mass is 79.9. The number of ketones is 1. The summed E-state index contributed by atoms with van der Waals surface area (Å²) in [7, 11) is 0. The van der Waals surface area contributed by atoms with Crippen LogP contribution in [0.3, 0.4) is 0 Å². The van der Waals surface area contributed by atoms with Gasteiger partial charge in [-0.2, -0.15) is 0 Å². The minimum absolute atomic E-state index is 0.0310. The zero-order chi connectivity index (χ0) is 14.3. The molecule has 0 aliphatic carbocycles. The summed E-state index contributed by atoms with van der Waals surface area (Å²) in [5.74, 6) is 0.149. The first kappa shape index (κ1) is 13.8. The van der Waals surface area contributed by atoms with Crippen molar-refractivity contribution < 1.29 is 9.59 Å². The molecule has 2 aliphatic rings. The van der Waals surface area contributed by atoms with Crippen molar-refractivity contribution in [1.29, 1.82) is 0 Å². The van der Waals surface area contributed by atoms with E-state index in [0.717, 1.165) is 41.5 Å². The Hall–Kier alpha value is -1.20. The van der Waals surface area contributed by atoms with E-state index in [1.54, 1.807) is 11.8 Å². The van der Waals surface area contributed by atoms with Gasteiger partial charge < -0.3 is 10.2 Å². The molecule has 1 aromatic rings. The fourth-order valence-electron chi connectivity index (χ4n) is 3.02. The number of halogens is 1. The van der Waals surface area contributed by atoms with Gasteiger partial charge in [0.15, 0.2) is 5.78 Å². The van der Waals surface area contributed by atoms with Crippen LogP contribution < -0.4 is 10.2 Å². The van der Waals surface area contributed by atoms with Gasteiger partial charge in [0, 0.05) is 29.2 Å². The van der Waals surface area contributed by atoms with Crippen molar-refractivity contribution in [2.24, 2.45) is 0 Å². The second-order valence-electron chi connectivity index (χ2n) is 5.39. The lowest BCUT2D eigenvalue weighted by molar-refractivity contribution is -0.116. The molecule has 1 N–H and O–H groups in total. The summed E-state index contributed by atoms with van der Waals surface area (Å²) >= 11 is 3.50. The van der Waals surface area contributed by atoms with Crippen LogP contribution in [0.4, 0.5) is 5.69 Å². The number of nitrogens with one attached hydrogen (secondary N) is 1. The Labute approximate surface area is 126 Å². The van der Waals surface area contributed by atoms with Crippen LogP contribution in [0.25, 0.3) is 0 Å². The molecule has 1 aromatic carbocycles. The molecule has 5 heteroatoms. The smallest absolute Gasteiger partial charge is 0.223 e. The molecule has 1 atom stereocenters. The minimum atomic E-state index is -0.0865. The van der Waals surface area contributed by atoms with Crippen LogP contribution in [-0.2, 0) is 11.2 Å². The average molecular weight is 337 g/mol. The number of hydrogen-bond donors (Lipinski definition) is 1. The number of Topliss-reactive ketones (excluding diaryl/α,β-unsaturated/α-hetero) is 1. The standard InChI is InChI=1S/C15H17BrN2O2/c1-9(19)18-6-4-10-7-12(16)11(8-14(10)18)15(20)13-3-2-5-17-13/h7-8,13,17H,2-6H2,1H3. The fourth-order valence-corrected chi connectivity index (χ4v) is 3.61. The zero-order valence-electron chi connectivity index (χ0n) is 11.4. The third-order valence-corrected chi connectivity index (χ3v) is 4.74. The third-order valence-electron chi connectivity index (χ3n) is 4.09. The summed E-state index contributed by atoms with van der Waals surface area (Å²) in [6, 6.07) is 3.77. The summed E-state index contributed by atoms with van der Waals surface area (Å²) < 4.78 is 0.834. The average Bonchev–Trinajstić information content (AvgIpc) is 3.05. The number of anilines is 1. The number of fused-ring (bicyclic) bond motifs is 1. The molecular formula is C15H17BrN2O2. The van der Waals surface area contributed by atoms with E-state index in [1.165, 1.54) is 0 Å². The fraction of sp³-hybridized carbons (Fsp3) is 0.467. The molecule has 0 saturated carbocycles. The van der Waals surface area contributed by atoms with Crippen LogP contribution in [0.1, 0.15) is 35.7 Å². The molecule has 0 bridgehead atoms. The van der Waals surface area contributed by atoms with Gasteiger partial charge in [-0.3, -0.25) is 9.59 Å². The van der Waals surface area contributed by atoms with Gasteiger partial charge in [-0.1, -0.05) is 15.9 Å². The Morgan fingerprint density at radius 3 is 2.85 bits per heavy atom. The normalized spacial score (nSPS) is 21.1. The van der Waals surface area contributed by atoms with Crippen molar-refractivity contribution in [2.45, 2.75) is 32.2 Å². The topological polar surface area (TPSA) is 49.4 Å². The summed E-state index contributed by atoms with van der Waals surface area (Å²) in [6.45, 7) is 3.17. The van der Waals surface area contributed by atoms with Gasteiger partial charge in [-0.05, 0) is 43.5 Å². The Morgan fingerprint density at radius 2 is 2.20 bits per heavy atom. The highest BCUT2D eigenvalue weighted by Gasteiger charge is 2.29. The molecule has 4 nitrogen and oxygen atoms in total. The largest absolute Gasteiger partial charge is 0.312 e. The van der Waals surface area contributed by atoms with Crippen LogP contribution in [0.15, 0.2) is 16.6 Å². The van der Waals surface area contributed by atoms with Gasteiger partial charge in [0.25, 0.3) is 0 Å². The van der Waals surface area contributed by atoms with Crippen LogP contribution in [0, 0.1) is 0 Å². The number of carbonyl (C=O) groups excluding carboxylic acids is 2. The van der Waals surface area contributed by atoms with Crippen LogP contribution in [0.5, 0.6) is 0 Å². The number of hydrogen-bond acceptors (Lipinski definition) is 3. The molecule has 2 aliphatic heterocycles. The van der Waals surface area contributed by atoms with E-state index < -0.39 is 0 Å². The molecular weight excluding hydrogens is 320 g/mol. The monoisotopic (exact) mass is 336 g/mol. The summed E-state index contributed by atoms with van der Waals surface area (Å²) in [4.78, 5) is 25.9. The predicted molar refractivity (Wildman–Crippen MR) is 81.2 cm³/mol. The molecule has 0 radical (unpaired) electrons. The molecule has 0 aromatic heterocycles. The van der Waals surface area contributed by atoms with E-state index in [0.29, 0.717) is 12.1 Å². The first-order valence-corrected chi connectivity index (χ1v) is 7.75. The SMILES string of the molecule is CC(=O)N1CCc2cc(Br)c(C(=O)C3CCCN3)cc21. The van der Waals surface area contributed by atoms with Crippen molar-refractivity contribution in [3.05, 3.63) is 27.7 Å². The lowest BCUT2D eigenvalue weighted by atomic mass is 10.0. The van der Waals surface area contributed by atoms with E-state index in [2.05, 4.69) is 21.2 Å². The number of amides is 1. The molecule has 1 amide bonds. The first-order valence-electron chi connectivity index (χ1n) is 6.96. The quantitative estimate of drug-likeness (QED) is 0.843. The lowest BCUT2D eigenvalue weighted by Gasteiger charge is -2.17. The van der Waals surface area contributed by atoms with Crippen LogP contribution in [0.2, 0.25) is 0 Å². The van der Waals surface area contributed by atoms with Crippen molar-refractivity contribution >= 4 is 33.3 Å². The van der Waals surface area contributed by atoms with Crippen molar-refractivity contribution in [2.75, 3.05) is 18.0 Å². The van der Waals surface area contributed by atoms with Gasteiger partial charge in [0.1, 0.15) is 0 Å². The Bertz CT molecular complexity index is 579. The zero-order valence-corrected chi connectivity index (χ0v) is 13.0. The van der Waals surface area contributed by atoms with E-state index in [4.69, 9.17) is 0 Å². The predicted octanol–water partition coefficient (Wildman–Crippen LogP) is 2.29. The molecule has 2 heterocycles. The lowest BCUT2D eigenvalue weighted by Crippen LogP contribution is -2.31. The Balaban J connectivity index is 1.98. The van der Waals surface area contributed by atoms with Gasteiger partial charge in [-0.25, -0.2) is 0 Å². The number of benzene rings is 1. The number of nitrogens with zero attached hydrogens (tertiary/aromatic N) is 1. The van der Waals surface area contributed by atoms with Crippen molar-refractivity contribution in [3.63, 3.8) is 0 Å². The van der Waals surface area contributed by atoms with E-state index in [-0.39, 0.29) is 17.7 Å². The third kappa shape index (κ3) is 2.29. The van der Waals surface area contributed by atoms with E-state index in [9.17, 15) is 9.59 Å². The Kier molecular flexibility index (Phi) is 3.65. The van der Waals surface area contributed by atoms with Gasteiger partial charge in [-0.15, -0.1) is 0 Å². The second-order valence-corrected chi connectivity index (χ2v) is 6.25. The van der Waals surface area contributed by atoms with E-state index in [1.807, 2.05) is 12.1 Å². The summed E-state index contributed by atoms with van der Waals surface area (Å²) in [6.07, 6.45) is 2.78. The first-order chi connectivity index (χ1) is 9.58. The maximum atomic E-state index is 12.5. The van der Waals surface area contributed by atoms with E-state index >= 15 is 0 Å². The highest BCUT2D eigenvalue weighted by Crippen LogP contribution is 2.34. The van der Waals surface area contributed by atoms with Gasteiger partial charge in [0.2, 0.25) is 5.91 Å². The summed E-state index contributed by atoms with van der Waals surface area (Å²) in [5.41, 5.74) is 2.70. The van der Waals surface area contributed by atoms with Gasteiger partial charge in [0.05, 0.1) is 6.04 Å². The highest BCUT2D eigenvalue weighted by molar-refractivity contribution is 9.10. The molecule has 20 heavy (non-hydrogen) atoms. The van der Waals surface area contributed by atoms with Crippen LogP contribution >= 0.6 is 15.9 Å². The number of rotatable bonds is 2. The van der Waals surface area contributed by atoms with Crippen molar-refractivity contribution in [3.8, 4) is 0 Å².